The van der Waals surface area contributed by atoms with Crippen molar-refractivity contribution >= 4 is 6.03 Å². The summed E-state index contributed by atoms with van der Waals surface area (Å²) in [5.74, 6) is 0. The Balaban J connectivity index is 3.41. The first-order valence-electron chi connectivity index (χ1n) is 5.30. The zero-order valence-electron chi connectivity index (χ0n) is 9.76. The molecule has 0 aliphatic heterocycles. The summed E-state index contributed by atoms with van der Waals surface area (Å²) in [5.41, 5.74) is 0. The Kier molecular flexibility index (Phi) is 7.20. The second kappa shape index (κ2) is 7.62. The molecule has 0 bridgehead atoms. The molecule has 0 aliphatic carbocycles. The van der Waals surface area contributed by atoms with Crippen LogP contribution in [-0.4, -0.2) is 44.2 Å². The third-order valence-electron chi connectivity index (χ3n) is 2.23. The van der Waals surface area contributed by atoms with Crippen molar-refractivity contribution in [2.45, 2.75) is 32.7 Å². The van der Waals surface area contributed by atoms with Crippen molar-refractivity contribution in [1.82, 2.24) is 15.5 Å². The van der Waals surface area contributed by atoms with Crippen LogP contribution in [0.4, 0.5) is 4.79 Å². The van der Waals surface area contributed by atoms with Crippen LogP contribution in [0.3, 0.4) is 0 Å². The zero-order valence-corrected chi connectivity index (χ0v) is 9.76. The van der Waals surface area contributed by atoms with Crippen LogP contribution in [0.25, 0.3) is 0 Å². The number of carbonyl (C=O) groups is 1. The lowest BCUT2D eigenvalue weighted by atomic mass is 10.2. The van der Waals surface area contributed by atoms with Crippen molar-refractivity contribution in [2.24, 2.45) is 0 Å². The van der Waals surface area contributed by atoms with Gasteiger partial charge in [0, 0.05) is 33.2 Å². The van der Waals surface area contributed by atoms with Crippen LogP contribution in [0, 0.1) is 0 Å². The monoisotopic (exact) mass is 201 g/mol. The average molecular weight is 201 g/mol. The quantitative estimate of drug-likeness (QED) is 0.631. The summed E-state index contributed by atoms with van der Waals surface area (Å²) in [6.07, 6.45) is 2.27. The second-order valence-corrected chi connectivity index (χ2v) is 3.59. The van der Waals surface area contributed by atoms with Gasteiger partial charge in [-0.25, -0.2) is 4.79 Å². The number of hydrogen-bond acceptors (Lipinski definition) is 2. The van der Waals surface area contributed by atoms with Crippen LogP contribution in [0.2, 0.25) is 0 Å². The summed E-state index contributed by atoms with van der Waals surface area (Å²) in [4.78, 5) is 12.7. The normalized spacial score (nSPS) is 10.4. The molecule has 0 aromatic rings. The van der Waals surface area contributed by atoms with E-state index < -0.39 is 0 Å². The maximum atomic E-state index is 11.1. The fourth-order valence-corrected chi connectivity index (χ4v) is 1.18. The molecule has 0 spiro atoms. The summed E-state index contributed by atoms with van der Waals surface area (Å²) >= 11 is 0. The largest absolute Gasteiger partial charge is 0.337 e. The van der Waals surface area contributed by atoms with Gasteiger partial charge in [-0.2, -0.15) is 0 Å². The summed E-state index contributed by atoms with van der Waals surface area (Å²) < 4.78 is 0. The highest BCUT2D eigenvalue weighted by molar-refractivity contribution is 5.73. The first-order valence-corrected chi connectivity index (χ1v) is 5.30. The van der Waals surface area contributed by atoms with Gasteiger partial charge >= 0.3 is 6.03 Å². The average Bonchev–Trinajstić information content (AvgIpc) is 2.17. The summed E-state index contributed by atoms with van der Waals surface area (Å²) in [7, 11) is 3.48. The molecule has 0 aromatic carbocycles. The fraction of sp³-hybridized carbons (Fsp3) is 0.900. The molecule has 84 valence electrons. The molecule has 4 heteroatoms. The van der Waals surface area contributed by atoms with E-state index in [1.165, 1.54) is 4.90 Å². The first kappa shape index (κ1) is 13.2. The van der Waals surface area contributed by atoms with Crippen LogP contribution < -0.4 is 10.6 Å². The van der Waals surface area contributed by atoms with Crippen molar-refractivity contribution < 1.29 is 4.79 Å². The van der Waals surface area contributed by atoms with Gasteiger partial charge in [-0.1, -0.05) is 13.8 Å². The molecule has 2 amide bonds. The number of carbonyl (C=O) groups excluding carboxylic acids is 1. The molecule has 0 saturated heterocycles. The molecule has 0 unspecified atom stereocenters. The molecule has 4 nitrogen and oxygen atoms in total. The molecule has 14 heavy (non-hydrogen) atoms. The van der Waals surface area contributed by atoms with Crippen molar-refractivity contribution in [2.75, 3.05) is 27.2 Å². The lowest BCUT2D eigenvalue weighted by Gasteiger charge is -2.16. The van der Waals surface area contributed by atoms with E-state index in [2.05, 4.69) is 24.5 Å². The van der Waals surface area contributed by atoms with E-state index in [-0.39, 0.29) is 6.03 Å². The van der Waals surface area contributed by atoms with Gasteiger partial charge in [0.05, 0.1) is 0 Å². The van der Waals surface area contributed by atoms with E-state index in [1.807, 2.05) is 0 Å². The van der Waals surface area contributed by atoms with Gasteiger partial charge in [0.2, 0.25) is 0 Å². The van der Waals surface area contributed by atoms with E-state index in [1.54, 1.807) is 14.1 Å². The summed E-state index contributed by atoms with van der Waals surface area (Å²) in [6, 6.07) is 0.544. The Labute approximate surface area is 87.0 Å². The molecule has 0 rings (SSSR count). The van der Waals surface area contributed by atoms with Gasteiger partial charge < -0.3 is 15.5 Å². The number of rotatable bonds is 6. The van der Waals surface area contributed by atoms with E-state index in [4.69, 9.17) is 0 Å². The highest BCUT2D eigenvalue weighted by Gasteiger charge is 2.03. The summed E-state index contributed by atoms with van der Waals surface area (Å²) in [6.45, 7) is 5.86. The Morgan fingerprint density at radius 3 is 2.21 bits per heavy atom. The van der Waals surface area contributed by atoms with E-state index >= 15 is 0 Å². The van der Waals surface area contributed by atoms with E-state index in [0.29, 0.717) is 12.6 Å². The molecular formula is C10H23N3O. The van der Waals surface area contributed by atoms with Gasteiger partial charge in [0.1, 0.15) is 0 Å². The number of urea groups is 1. The van der Waals surface area contributed by atoms with Gasteiger partial charge in [-0.05, 0) is 12.8 Å². The van der Waals surface area contributed by atoms with Crippen LogP contribution in [0.15, 0.2) is 0 Å². The van der Waals surface area contributed by atoms with Crippen molar-refractivity contribution in [3.8, 4) is 0 Å². The molecule has 0 aliphatic rings. The smallest absolute Gasteiger partial charge is 0.316 e. The van der Waals surface area contributed by atoms with Crippen molar-refractivity contribution in [1.29, 1.82) is 0 Å². The number of hydrogen-bond donors (Lipinski definition) is 2. The molecule has 0 heterocycles. The molecule has 0 aromatic heterocycles. The van der Waals surface area contributed by atoms with E-state index in [0.717, 1.165) is 19.4 Å². The highest BCUT2D eigenvalue weighted by atomic mass is 16.2. The molecule has 2 N–H and O–H groups in total. The Hall–Kier alpha value is -0.770. The molecular weight excluding hydrogens is 178 g/mol. The molecule has 0 radical (unpaired) electrons. The van der Waals surface area contributed by atoms with Crippen LogP contribution >= 0.6 is 0 Å². The number of amides is 2. The number of nitrogens with zero attached hydrogens (tertiary/aromatic N) is 1. The second-order valence-electron chi connectivity index (χ2n) is 3.59. The maximum absolute atomic E-state index is 11.1. The fourth-order valence-electron chi connectivity index (χ4n) is 1.18. The lowest BCUT2D eigenvalue weighted by molar-refractivity contribution is 0.217. The molecule has 0 atom stereocenters. The number of nitrogens with one attached hydrogen (secondary N) is 2. The maximum Gasteiger partial charge on any atom is 0.316 e. The van der Waals surface area contributed by atoms with Crippen molar-refractivity contribution in [3.63, 3.8) is 0 Å². The van der Waals surface area contributed by atoms with Gasteiger partial charge in [0.15, 0.2) is 0 Å². The minimum atomic E-state index is -0.0312. The molecule has 0 fully saturated rings. The topological polar surface area (TPSA) is 44.4 Å². The minimum Gasteiger partial charge on any atom is -0.337 e. The van der Waals surface area contributed by atoms with Gasteiger partial charge in [-0.3, -0.25) is 0 Å². The minimum absolute atomic E-state index is 0.0312. The van der Waals surface area contributed by atoms with E-state index in [9.17, 15) is 4.79 Å². The lowest BCUT2D eigenvalue weighted by Crippen LogP contribution is -2.40. The predicted octanol–water partition coefficient (Wildman–Crippen LogP) is 1.04. The third kappa shape index (κ3) is 5.80. The third-order valence-corrected chi connectivity index (χ3v) is 2.23. The highest BCUT2D eigenvalue weighted by Crippen LogP contribution is 1.94. The molecule has 0 saturated carbocycles. The van der Waals surface area contributed by atoms with Crippen molar-refractivity contribution in [3.05, 3.63) is 0 Å². The van der Waals surface area contributed by atoms with Crippen LogP contribution in [-0.2, 0) is 0 Å². The Morgan fingerprint density at radius 2 is 1.79 bits per heavy atom. The SMILES string of the molecule is CCC(CC)NCCNC(=O)N(C)C. The predicted molar refractivity (Wildman–Crippen MR) is 59.5 cm³/mol. The van der Waals surface area contributed by atoms with Crippen LogP contribution in [0.1, 0.15) is 26.7 Å². The Morgan fingerprint density at radius 1 is 1.21 bits per heavy atom. The van der Waals surface area contributed by atoms with Gasteiger partial charge in [0.25, 0.3) is 0 Å². The van der Waals surface area contributed by atoms with Crippen LogP contribution in [0.5, 0.6) is 0 Å². The summed E-state index contributed by atoms with van der Waals surface area (Å²) in [5, 5.41) is 6.19. The zero-order chi connectivity index (χ0) is 11.0. The standard InChI is InChI=1S/C10H23N3O/c1-5-9(6-2)11-7-8-12-10(14)13(3)4/h9,11H,5-8H2,1-4H3,(H,12,14). The Bertz CT molecular complexity index is 155. The van der Waals surface area contributed by atoms with Gasteiger partial charge in [-0.15, -0.1) is 0 Å². The first-order chi connectivity index (χ1) is 6.61.